The molecule has 3 aliphatic heterocycles. The molecule has 0 saturated carbocycles. The number of amides is 2. The van der Waals surface area contributed by atoms with Crippen molar-refractivity contribution < 1.29 is 61.8 Å². The monoisotopic (exact) mass is 1010 g/mol. The van der Waals surface area contributed by atoms with Crippen molar-refractivity contribution in [1.82, 2.24) is 19.7 Å². The van der Waals surface area contributed by atoms with E-state index < -0.39 is 0 Å². The van der Waals surface area contributed by atoms with Gasteiger partial charge in [0.05, 0.1) is 108 Å². The first-order chi connectivity index (χ1) is 35.6. The lowest BCUT2D eigenvalue weighted by molar-refractivity contribution is -0.133. The Hall–Kier alpha value is -6.51. The van der Waals surface area contributed by atoms with E-state index in [1.165, 1.54) is 25.4 Å². The van der Waals surface area contributed by atoms with Crippen LogP contribution in [0.4, 0.5) is 11.4 Å². The van der Waals surface area contributed by atoms with Crippen LogP contribution in [0.15, 0.2) is 69.7 Å². The van der Waals surface area contributed by atoms with Crippen LogP contribution in [0, 0.1) is 0 Å². The Kier molecular flexibility index (Phi) is 22.4. The molecule has 0 radical (unpaired) electrons. The molecule has 19 heteroatoms. The van der Waals surface area contributed by atoms with Gasteiger partial charge >= 0.3 is 0 Å². The summed E-state index contributed by atoms with van der Waals surface area (Å²) >= 11 is 0. The zero-order valence-corrected chi connectivity index (χ0v) is 43.0. The summed E-state index contributed by atoms with van der Waals surface area (Å²) in [6.07, 6.45) is 11.9. The highest BCUT2D eigenvalue weighted by atomic mass is 16.6. The molecule has 0 spiro atoms. The highest BCUT2D eigenvalue weighted by Crippen LogP contribution is 2.40. The molecular formula is C54H70N6O13. The number of allylic oxidation sites excluding steroid dienone is 2. The normalized spacial score (nSPS) is 17.5. The van der Waals surface area contributed by atoms with Crippen molar-refractivity contribution >= 4 is 48.2 Å². The van der Waals surface area contributed by atoms with Crippen molar-refractivity contribution in [2.75, 3.05) is 107 Å². The smallest absolute Gasteiger partial charge is 0.257 e. The van der Waals surface area contributed by atoms with Gasteiger partial charge in [-0.25, -0.2) is 0 Å². The molecule has 2 atom stereocenters. The lowest BCUT2D eigenvalue weighted by Crippen LogP contribution is -2.36. The lowest BCUT2D eigenvalue weighted by Gasteiger charge is -2.23. The quantitative estimate of drug-likeness (QED) is 0.0290. The van der Waals surface area contributed by atoms with Crippen LogP contribution in [0.25, 0.3) is 0 Å². The van der Waals surface area contributed by atoms with E-state index in [4.69, 9.17) is 57.6 Å². The van der Waals surface area contributed by atoms with Crippen molar-refractivity contribution in [3.63, 3.8) is 0 Å². The molecule has 1 unspecified atom stereocenters. The number of pyridine rings is 1. The average Bonchev–Trinajstić information content (AvgIpc) is 3.97. The minimum absolute atomic E-state index is 0.0410. The maximum absolute atomic E-state index is 13.8. The third kappa shape index (κ3) is 16.2. The number of hydrogen-bond donors (Lipinski definition) is 0. The van der Waals surface area contributed by atoms with Crippen molar-refractivity contribution in [1.29, 1.82) is 0 Å². The summed E-state index contributed by atoms with van der Waals surface area (Å²) in [5.41, 5.74) is 5.10. The van der Waals surface area contributed by atoms with Gasteiger partial charge in [-0.05, 0) is 52.3 Å². The van der Waals surface area contributed by atoms with Crippen LogP contribution in [0.3, 0.4) is 0 Å². The molecule has 19 nitrogen and oxygen atoms in total. The van der Waals surface area contributed by atoms with Crippen LogP contribution in [0.5, 0.6) is 28.7 Å². The number of fused-ring (bicyclic) bond motifs is 2. The molecule has 2 fully saturated rings. The number of nitrogens with zero attached hydrogens (tertiary/aromatic N) is 6. The molecule has 73 heavy (non-hydrogen) atoms. The first-order valence-corrected chi connectivity index (χ1v) is 24.7. The molecule has 1 aromatic heterocycles. The highest BCUT2D eigenvalue weighted by Gasteiger charge is 2.35. The SMILES string of the molecule is C/C=C1\CC(C=Nc2cc(OCc3cc(OCCN(CCCC=O)C(=O)CCOCCOCCOCCOC)cc(COc4cc5c(cc4OC)C(=O)N4C/C(=C/C)C[C@H]4C=N5)n3)c(OC)cc2C=O)N(C)C1. The fourth-order valence-electron chi connectivity index (χ4n) is 8.43. The second kappa shape index (κ2) is 29.3. The van der Waals surface area contributed by atoms with Gasteiger partial charge in [0, 0.05) is 81.5 Å². The van der Waals surface area contributed by atoms with Crippen molar-refractivity contribution in [2.45, 2.75) is 71.2 Å². The maximum Gasteiger partial charge on any atom is 0.257 e. The molecule has 3 aliphatic rings. The molecule has 2 aromatic carbocycles. The lowest BCUT2D eigenvalue weighted by atomic mass is 10.1. The number of carbonyl (C=O) groups is 4. The van der Waals surface area contributed by atoms with Crippen molar-refractivity contribution in [3.05, 3.63) is 82.2 Å². The van der Waals surface area contributed by atoms with E-state index in [2.05, 4.69) is 11.0 Å². The van der Waals surface area contributed by atoms with Crippen LogP contribution in [-0.2, 0) is 41.8 Å². The van der Waals surface area contributed by atoms with Crippen LogP contribution in [0.1, 0.15) is 78.1 Å². The number of carbonyl (C=O) groups excluding carboxylic acids is 4. The van der Waals surface area contributed by atoms with Gasteiger partial charge in [-0.2, -0.15) is 0 Å². The van der Waals surface area contributed by atoms with Gasteiger partial charge in [-0.1, -0.05) is 23.3 Å². The van der Waals surface area contributed by atoms with Gasteiger partial charge in [0.25, 0.3) is 5.91 Å². The minimum atomic E-state index is -0.142. The Morgan fingerprint density at radius 3 is 2.07 bits per heavy atom. The number of likely N-dealkylation sites (N-methyl/N-ethyl adjacent to an activating group) is 1. The van der Waals surface area contributed by atoms with Crippen molar-refractivity contribution in [2.24, 2.45) is 9.98 Å². The van der Waals surface area contributed by atoms with E-state index in [1.807, 2.05) is 44.3 Å². The predicted octanol–water partition coefficient (Wildman–Crippen LogP) is 6.57. The van der Waals surface area contributed by atoms with E-state index in [9.17, 15) is 19.2 Å². The van der Waals surface area contributed by atoms with E-state index >= 15 is 0 Å². The summed E-state index contributed by atoms with van der Waals surface area (Å²) in [4.78, 5) is 70.6. The summed E-state index contributed by atoms with van der Waals surface area (Å²) in [5.74, 6) is 1.55. The fraction of sp³-hybridized carbons (Fsp3) is 0.500. The van der Waals surface area contributed by atoms with Gasteiger partial charge in [-0.15, -0.1) is 0 Å². The molecular weight excluding hydrogens is 941 g/mol. The predicted molar refractivity (Wildman–Crippen MR) is 275 cm³/mol. The summed E-state index contributed by atoms with van der Waals surface area (Å²) in [6.45, 7) is 8.81. The van der Waals surface area contributed by atoms with Crippen LogP contribution in [0.2, 0.25) is 0 Å². The molecule has 3 aromatic rings. The van der Waals surface area contributed by atoms with E-state index in [0.717, 1.165) is 32.0 Å². The van der Waals surface area contributed by atoms with Crippen LogP contribution in [-0.4, -0.2) is 176 Å². The standard InChI is InChI=1S/C54H70N6O13/c1-7-38-23-43(58(3)33-38)31-55-47-29-51(49(66-5)25-40(47)35-62)72-36-41-26-45(71-16-13-59(12-9-10-14-61)53(63)11-15-68-19-20-70-22-21-69-18-17-65-4)27-42(57-41)37-73-52-30-48-46(28-50(52)67-6)54(64)60-34-39(8-2)24-44(60)32-56-48/h7-8,14,25-32,35,43-44H,9-13,15-24,33-34,36-37H2,1-6H3/b38-7+,39-8+,55-31?/t43?,44-/m0/s1. The third-order valence-electron chi connectivity index (χ3n) is 12.6. The summed E-state index contributed by atoms with van der Waals surface area (Å²) in [6, 6.07) is 10.0. The molecule has 0 aliphatic carbocycles. The zero-order valence-electron chi connectivity index (χ0n) is 43.0. The Bertz CT molecular complexity index is 2460. The number of aldehydes is 2. The van der Waals surface area contributed by atoms with Gasteiger partial charge in [-0.3, -0.25) is 34.3 Å². The number of rotatable bonds is 31. The Morgan fingerprint density at radius 2 is 1.42 bits per heavy atom. The van der Waals surface area contributed by atoms with E-state index in [0.29, 0.717) is 128 Å². The van der Waals surface area contributed by atoms with Gasteiger partial charge < -0.3 is 57.2 Å². The Morgan fingerprint density at radius 1 is 0.767 bits per heavy atom. The maximum atomic E-state index is 13.8. The number of ether oxygens (including phenoxy) is 9. The summed E-state index contributed by atoms with van der Waals surface area (Å²) < 4.78 is 52.0. The second-order valence-corrected chi connectivity index (χ2v) is 17.5. The largest absolute Gasteiger partial charge is 0.493 e. The number of aliphatic imine (C=N–C) groups is 2. The van der Waals surface area contributed by atoms with E-state index in [-0.39, 0.29) is 63.3 Å². The Balaban J connectivity index is 1.18. The van der Waals surface area contributed by atoms with Gasteiger partial charge in [0.1, 0.15) is 31.9 Å². The Labute approximate surface area is 428 Å². The number of aromatic nitrogens is 1. The first-order valence-electron chi connectivity index (χ1n) is 24.7. The number of methoxy groups -OCH3 is 3. The molecule has 2 amide bonds. The fourth-order valence-corrected chi connectivity index (χ4v) is 8.43. The van der Waals surface area contributed by atoms with Crippen LogP contribution < -0.4 is 23.7 Å². The van der Waals surface area contributed by atoms with Gasteiger partial charge in [0.15, 0.2) is 29.3 Å². The average molecular weight is 1010 g/mol. The molecule has 2 saturated heterocycles. The highest BCUT2D eigenvalue weighted by molar-refractivity contribution is 6.04. The second-order valence-electron chi connectivity index (χ2n) is 17.5. The van der Waals surface area contributed by atoms with E-state index in [1.54, 1.807) is 48.4 Å². The number of unbranched alkanes of at least 4 members (excludes halogenated alkanes) is 1. The molecule has 0 N–H and O–H groups in total. The zero-order chi connectivity index (χ0) is 52.0. The summed E-state index contributed by atoms with van der Waals surface area (Å²) in [7, 11) is 6.66. The first kappa shape index (κ1) is 55.8. The van der Waals surface area contributed by atoms with Gasteiger partial charge in [0.2, 0.25) is 5.91 Å². The number of likely N-dealkylation sites (tertiary alicyclic amines) is 1. The molecule has 4 heterocycles. The third-order valence-corrected chi connectivity index (χ3v) is 12.6. The number of benzene rings is 2. The topological polar surface area (TPSA) is 199 Å². The van der Waals surface area contributed by atoms with Crippen LogP contribution >= 0.6 is 0 Å². The van der Waals surface area contributed by atoms with Crippen molar-refractivity contribution in [3.8, 4) is 28.7 Å². The number of hydrogen-bond acceptors (Lipinski definition) is 17. The molecule has 0 bridgehead atoms. The summed E-state index contributed by atoms with van der Waals surface area (Å²) in [5, 5.41) is 0. The minimum Gasteiger partial charge on any atom is -0.493 e. The molecule has 394 valence electrons. The molecule has 6 rings (SSSR count).